The summed E-state index contributed by atoms with van der Waals surface area (Å²) in [6.07, 6.45) is 3.68. The van der Waals surface area contributed by atoms with E-state index in [-0.39, 0.29) is 0 Å². The highest BCUT2D eigenvalue weighted by Crippen LogP contribution is 2.29. The fourth-order valence-electron chi connectivity index (χ4n) is 4.03. The molecule has 0 radical (unpaired) electrons. The number of hydrogen-bond acceptors (Lipinski definition) is 6. The van der Waals surface area contributed by atoms with E-state index in [4.69, 9.17) is 14.5 Å². The van der Waals surface area contributed by atoms with E-state index in [2.05, 4.69) is 57.2 Å². The molecule has 2 aromatic heterocycles. The molecule has 0 saturated heterocycles. The van der Waals surface area contributed by atoms with Crippen LogP contribution < -0.4 is 14.4 Å². The molecule has 4 aromatic rings. The minimum absolute atomic E-state index is 0.717. The molecule has 33 heavy (non-hydrogen) atoms. The van der Waals surface area contributed by atoms with Crippen LogP contribution in [0.1, 0.15) is 16.7 Å². The predicted octanol–water partition coefficient (Wildman–Crippen LogP) is 4.92. The highest BCUT2D eigenvalue weighted by Gasteiger charge is 2.16. The van der Waals surface area contributed by atoms with Crippen molar-refractivity contribution in [3.63, 3.8) is 0 Å². The molecule has 170 valence electrons. The van der Waals surface area contributed by atoms with Gasteiger partial charge in [0.05, 0.1) is 19.7 Å². The van der Waals surface area contributed by atoms with Gasteiger partial charge in [0.2, 0.25) is 0 Å². The van der Waals surface area contributed by atoms with Gasteiger partial charge in [-0.2, -0.15) is 0 Å². The highest BCUT2D eigenvalue weighted by molar-refractivity contribution is 5.81. The zero-order valence-corrected chi connectivity index (χ0v) is 19.7. The van der Waals surface area contributed by atoms with E-state index in [1.54, 1.807) is 14.2 Å². The average Bonchev–Trinajstić information content (AvgIpc) is 2.84. The molecule has 2 heterocycles. The minimum Gasteiger partial charge on any atom is -0.497 e. The standard InChI is InChI=1S/C27H30N4O2/c1-30(2)27-23(15-21-7-5-6-8-25(21)29-27)19-31(17-20-11-13-28-14-12-20)18-22-9-10-24(32-3)16-26(22)33-4/h5-16H,17-19H2,1-4H3. The van der Waals surface area contributed by atoms with Crippen molar-refractivity contribution in [3.05, 3.63) is 89.7 Å². The van der Waals surface area contributed by atoms with Gasteiger partial charge in [0.1, 0.15) is 17.3 Å². The van der Waals surface area contributed by atoms with Crippen molar-refractivity contribution in [2.75, 3.05) is 33.2 Å². The van der Waals surface area contributed by atoms with E-state index in [1.807, 2.05) is 44.7 Å². The number of ether oxygens (including phenoxy) is 2. The van der Waals surface area contributed by atoms with Crippen molar-refractivity contribution in [1.29, 1.82) is 0 Å². The number of benzene rings is 2. The summed E-state index contributed by atoms with van der Waals surface area (Å²) in [7, 11) is 7.45. The maximum atomic E-state index is 5.67. The van der Waals surface area contributed by atoms with Crippen molar-refractivity contribution >= 4 is 16.7 Å². The highest BCUT2D eigenvalue weighted by atomic mass is 16.5. The first kappa shape index (κ1) is 22.6. The predicted molar refractivity (Wildman–Crippen MR) is 133 cm³/mol. The summed E-state index contributed by atoms with van der Waals surface area (Å²) in [5.74, 6) is 2.58. The number of methoxy groups -OCH3 is 2. The van der Waals surface area contributed by atoms with Crippen molar-refractivity contribution in [2.24, 2.45) is 0 Å². The Labute approximate surface area is 195 Å². The lowest BCUT2D eigenvalue weighted by atomic mass is 10.1. The van der Waals surface area contributed by atoms with Gasteiger partial charge >= 0.3 is 0 Å². The smallest absolute Gasteiger partial charge is 0.133 e. The van der Waals surface area contributed by atoms with E-state index in [9.17, 15) is 0 Å². The zero-order valence-electron chi connectivity index (χ0n) is 19.7. The van der Waals surface area contributed by atoms with E-state index >= 15 is 0 Å². The molecular weight excluding hydrogens is 412 g/mol. The average molecular weight is 443 g/mol. The number of rotatable bonds is 9. The Morgan fingerprint density at radius 3 is 2.27 bits per heavy atom. The molecule has 0 aliphatic rings. The Hall–Kier alpha value is -3.64. The molecule has 0 spiro atoms. The summed E-state index contributed by atoms with van der Waals surface area (Å²) in [6.45, 7) is 2.23. The monoisotopic (exact) mass is 442 g/mol. The van der Waals surface area contributed by atoms with Crippen LogP contribution in [-0.2, 0) is 19.6 Å². The summed E-state index contributed by atoms with van der Waals surface area (Å²) in [4.78, 5) is 13.6. The minimum atomic E-state index is 0.717. The third-order valence-electron chi connectivity index (χ3n) is 5.64. The fraction of sp³-hybridized carbons (Fsp3) is 0.259. The molecule has 2 aromatic carbocycles. The van der Waals surface area contributed by atoms with Crippen molar-refractivity contribution in [1.82, 2.24) is 14.9 Å². The largest absolute Gasteiger partial charge is 0.497 e. The van der Waals surface area contributed by atoms with Crippen LogP contribution >= 0.6 is 0 Å². The fourth-order valence-corrected chi connectivity index (χ4v) is 4.03. The third kappa shape index (κ3) is 5.41. The van der Waals surface area contributed by atoms with Gasteiger partial charge < -0.3 is 14.4 Å². The quantitative estimate of drug-likeness (QED) is 0.367. The maximum absolute atomic E-state index is 5.67. The number of pyridine rings is 2. The van der Waals surface area contributed by atoms with E-state index in [0.717, 1.165) is 53.4 Å². The number of aromatic nitrogens is 2. The normalized spacial score (nSPS) is 11.1. The van der Waals surface area contributed by atoms with Gasteiger partial charge in [-0.25, -0.2) is 4.98 Å². The van der Waals surface area contributed by atoms with E-state index in [1.165, 1.54) is 11.1 Å². The number of nitrogens with zero attached hydrogens (tertiary/aromatic N) is 4. The summed E-state index contributed by atoms with van der Waals surface area (Å²) < 4.78 is 11.0. The Balaban J connectivity index is 1.71. The molecule has 0 amide bonds. The number of anilines is 1. The first-order valence-electron chi connectivity index (χ1n) is 11.0. The lowest BCUT2D eigenvalue weighted by Gasteiger charge is -2.26. The Morgan fingerprint density at radius 1 is 0.788 bits per heavy atom. The second-order valence-electron chi connectivity index (χ2n) is 8.24. The molecule has 0 unspecified atom stereocenters. The second kappa shape index (κ2) is 10.3. The lowest BCUT2D eigenvalue weighted by molar-refractivity contribution is 0.243. The van der Waals surface area contributed by atoms with Gasteiger partial charge in [-0.1, -0.05) is 24.3 Å². The van der Waals surface area contributed by atoms with Gasteiger partial charge in [0.25, 0.3) is 0 Å². The van der Waals surface area contributed by atoms with E-state index in [0.29, 0.717) is 0 Å². The molecule has 0 aliphatic carbocycles. The van der Waals surface area contributed by atoms with Crippen molar-refractivity contribution in [2.45, 2.75) is 19.6 Å². The molecule has 4 rings (SSSR count). The van der Waals surface area contributed by atoms with Gasteiger partial charge in [0, 0.05) is 68.7 Å². The van der Waals surface area contributed by atoms with Gasteiger partial charge in [-0.05, 0) is 35.9 Å². The lowest BCUT2D eigenvalue weighted by Crippen LogP contribution is -2.24. The summed E-state index contributed by atoms with van der Waals surface area (Å²) in [5.41, 5.74) is 4.49. The molecule has 0 atom stereocenters. The van der Waals surface area contributed by atoms with Crippen molar-refractivity contribution < 1.29 is 9.47 Å². The number of fused-ring (bicyclic) bond motifs is 1. The molecule has 0 bridgehead atoms. The van der Waals surface area contributed by atoms with Crippen LogP contribution in [0, 0.1) is 0 Å². The molecular formula is C27H30N4O2. The molecule has 0 saturated carbocycles. The van der Waals surface area contributed by atoms with Crippen LogP contribution in [0.2, 0.25) is 0 Å². The Kier molecular flexibility index (Phi) is 7.05. The van der Waals surface area contributed by atoms with Crippen molar-refractivity contribution in [3.8, 4) is 11.5 Å². The zero-order chi connectivity index (χ0) is 23.2. The Bertz CT molecular complexity index is 1210. The summed E-state index contributed by atoms with van der Waals surface area (Å²) in [6, 6.07) is 20.6. The number of hydrogen-bond donors (Lipinski definition) is 0. The second-order valence-corrected chi connectivity index (χ2v) is 8.24. The van der Waals surface area contributed by atoms with Gasteiger partial charge in [-0.15, -0.1) is 0 Å². The van der Waals surface area contributed by atoms with Crippen LogP contribution in [0.4, 0.5) is 5.82 Å². The SMILES string of the molecule is COc1ccc(CN(Cc2ccncc2)Cc2cc3ccccc3nc2N(C)C)c(OC)c1. The van der Waals surface area contributed by atoms with Gasteiger partial charge in [-0.3, -0.25) is 9.88 Å². The summed E-state index contributed by atoms with van der Waals surface area (Å²) >= 11 is 0. The number of para-hydroxylation sites is 1. The maximum Gasteiger partial charge on any atom is 0.133 e. The van der Waals surface area contributed by atoms with Crippen LogP contribution in [0.3, 0.4) is 0 Å². The van der Waals surface area contributed by atoms with Crippen LogP contribution in [0.5, 0.6) is 11.5 Å². The van der Waals surface area contributed by atoms with Crippen LogP contribution in [0.25, 0.3) is 10.9 Å². The van der Waals surface area contributed by atoms with Crippen LogP contribution in [-0.4, -0.2) is 43.2 Å². The first-order chi connectivity index (χ1) is 16.1. The first-order valence-corrected chi connectivity index (χ1v) is 11.0. The van der Waals surface area contributed by atoms with Crippen LogP contribution in [0.15, 0.2) is 73.1 Å². The molecule has 0 fully saturated rings. The molecule has 0 aliphatic heterocycles. The molecule has 0 N–H and O–H groups in total. The van der Waals surface area contributed by atoms with E-state index < -0.39 is 0 Å². The van der Waals surface area contributed by atoms with Gasteiger partial charge in [0.15, 0.2) is 0 Å². The third-order valence-corrected chi connectivity index (χ3v) is 5.64. The molecule has 6 heteroatoms. The molecule has 6 nitrogen and oxygen atoms in total. The summed E-state index contributed by atoms with van der Waals surface area (Å²) in [5, 5.41) is 1.14. The topological polar surface area (TPSA) is 50.7 Å². The Morgan fingerprint density at radius 2 is 1.55 bits per heavy atom.